The maximum Gasteiger partial charge on any atom is 0.489 e. The smallest absolute Gasteiger partial charge is 0.423 e. The molecule has 0 aromatic heterocycles. The lowest BCUT2D eigenvalue weighted by atomic mass is 9.43. The highest BCUT2D eigenvalue weighted by Crippen LogP contribution is 2.69. The number of rotatable bonds is 2. The maximum atomic E-state index is 10.5. The van der Waals surface area contributed by atoms with Gasteiger partial charge >= 0.3 is 7.12 Å². The van der Waals surface area contributed by atoms with Crippen molar-refractivity contribution < 1.29 is 10.0 Å². The zero-order valence-electron chi connectivity index (χ0n) is 24.4. The number of allylic oxidation sites excluding steroid dienone is 1. The summed E-state index contributed by atoms with van der Waals surface area (Å²) in [7, 11) is -1.49. The van der Waals surface area contributed by atoms with Crippen LogP contribution < -0.4 is 5.46 Å². The largest absolute Gasteiger partial charge is 0.489 e. The van der Waals surface area contributed by atoms with Crippen molar-refractivity contribution in [2.45, 2.75) is 50.4 Å². The van der Waals surface area contributed by atoms with Crippen molar-refractivity contribution in [3.8, 4) is 22.3 Å². The zero-order valence-corrected chi connectivity index (χ0v) is 24.4. The summed E-state index contributed by atoms with van der Waals surface area (Å²) in [5.41, 5.74) is 11.6. The van der Waals surface area contributed by atoms with Crippen molar-refractivity contribution in [1.82, 2.24) is 0 Å². The molecule has 6 aliphatic carbocycles. The van der Waals surface area contributed by atoms with Crippen LogP contribution in [-0.4, -0.2) is 17.2 Å². The maximum absolute atomic E-state index is 10.5. The third-order valence-electron chi connectivity index (χ3n) is 12.3. The number of benzene rings is 5. The van der Waals surface area contributed by atoms with Gasteiger partial charge < -0.3 is 10.0 Å². The van der Waals surface area contributed by atoms with Gasteiger partial charge in [0.05, 0.1) is 0 Å². The van der Waals surface area contributed by atoms with E-state index in [9.17, 15) is 10.0 Å². The lowest BCUT2D eigenvalue weighted by Gasteiger charge is -2.61. The second-order valence-electron chi connectivity index (χ2n) is 14.2. The van der Waals surface area contributed by atoms with E-state index in [1.54, 1.807) is 11.1 Å². The summed E-state index contributed by atoms with van der Waals surface area (Å²) in [5, 5.41) is 25.6. The SMILES string of the molecule is OB(O)c1c2c(c(-c3ccc4cc5c(cc4c3)C3(c4ccccc4-5)C4CC5CC(C4)CC3C5)c3ccccc13)C=CCC2. The van der Waals surface area contributed by atoms with Gasteiger partial charge in [0.25, 0.3) is 0 Å². The van der Waals surface area contributed by atoms with E-state index in [4.69, 9.17) is 0 Å². The normalized spacial score (nSPS) is 27.6. The first-order valence-corrected chi connectivity index (χ1v) is 16.4. The Morgan fingerprint density at radius 2 is 1.42 bits per heavy atom. The van der Waals surface area contributed by atoms with Gasteiger partial charge in [-0.25, -0.2) is 0 Å². The Morgan fingerprint density at radius 1 is 0.674 bits per heavy atom. The van der Waals surface area contributed by atoms with Gasteiger partial charge in [0, 0.05) is 5.41 Å². The van der Waals surface area contributed by atoms with Crippen LogP contribution in [0.1, 0.15) is 60.8 Å². The zero-order chi connectivity index (χ0) is 28.4. The van der Waals surface area contributed by atoms with Crippen molar-refractivity contribution in [3.05, 3.63) is 107 Å². The molecule has 0 atom stereocenters. The Kier molecular flexibility index (Phi) is 5.02. The van der Waals surface area contributed by atoms with Crippen molar-refractivity contribution in [3.63, 3.8) is 0 Å². The van der Waals surface area contributed by atoms with Crippen molar-refractivity contribution in [2.75, 3.05) is 0 Å². The molecule has 0 aliphatic heterocycles. The molecule has 4 fully saturated rings. The summed E-state index contributed by atoms with van der Waals surface area (Å²) in [5.74, 6) is 3.38. The minimum absolute atomic E-state index is 0.164. The predicted molar refractivity (Wildman–Crippen MR) is 177 cm³/mol. The molecule has 4 bridgehead atoms. The van der Waals surface area contributed by atoms with E-state index in [0.29, 0.717) is 5.46 Å². The molecule has 5 aromatic rings. The Labute approximate surface area is 253 Å². The Bertz CT molecular complexity index is 2010. The second-order valence-corrected chi connectivity index (χ2v) is 14.2. The molecule has 0 heterocycles. The van der Waals surface area contributed by atoms with Gasteiger partial charge in [-0.15, -0.1) is 0 Å². The Morgan fingerprint density at radius 3 is 2.21 bits per heavy atom. The van der Waals surface area contributed by atoms with Crippen LogP contribution in [0.5, 0.6) is 0 Å². The summed E-state index contributed by atoms with van der Waals surface area (Å²) in [6.07, 6.45) is 13.2. The molecule has 43 heavy (non-hydrogen) atoms. The molecule has 4 saturated carbocycles. The molecule has 0 amide bonds. The summed E-state index contributed by atoms with van der Waals surface area (Å²) in [4.78, 5) is 0. The molecule has 1 spiro atoms. The molecule has 210 valence electrons. The van der Waals surface area contributed by atoms with Crippen LogP contribution in [0.4, 0.5) is 0 Å². The van der Waals surface area contributed by atoms with Crippen LogP contribution >= 0.6 is 0 Å². The molecule has 0 radical (unpaired) electrons. The van der Waals surface area contributed by atoms with Crippen LogP contribution in [-0.2, 0) is 11.8 Å². The minimum atomic E-state index is -1.49. The summed E-state index contributed by atoms with van der Waals surface area (Å²) in [6, 6.07) is 29.7. The fraction of sp³-hybridized carbons (Fsp3) is 0.300. The van der Waals surface area contributed by atoms with Crippen molar-refractivity contribution >= 4 is 40.2 Å². The molecule has 5 aromatic carbocycles. The molecule has 3 heteroatoms. The monoisotopic (exact) mass is 558 g/mol. The van der Waals surface area contributed by atoms with Crippen LogP contribution in [0.15, 0.2) is 84.9 Å². The average Bonchev–Trinajstić information content (AvgIpc) is 3.30. The third-order valence-corrected chi connectivity index (χ3v) is 12.3. The highest BCUT2D eigenvalue weighted by molar-refractivity contribution is 6.63. The highest BCUT2D eigenvalue weighted by atomic mass is 16.4. The molecule has 0 unspecified atom stereocenters. The second kappa shape index (κ2) is 8.71. The van der Waals surface area contributed by atoms with Crippen molar-refractivity contribution in [2.24, 2.45) is 23.7 Å². The molecular formula is C40H35BO2. The first kappa shape index (κ1) is 24.8. The lowest BCUT2D eigenvalue weighted by Crippen LogP contribution is -2.55. The van der Waals surface area contributed by atoms with Crippen LogP contribution in [0.3, 0.4) is 0 Å². The Balaban J connectivity index is 1.23. The molecule has 2 nitrogen and oxygen atoms in total. The molecule has 6 aliphatic rings. The van der Waals surface area contributed by atoms with Gasteiger partial charge in [0.1, 0.15) is 0 Å². The van der Waals surface area contributed by atoms with Crippen molar-refractivity contribution in [1.29, 1.82) is 0 Å². The molecule has 11 rings (SSSR count). The average molecular weight is 559 g/mol. The number of hydrogen-bond acceptors (Lipinski definition) is 2. The topological polar surface area (TPSA) is 40.5 Å². The first-order valence-electron chi connectivity index (χ1n) is 16.4. The van der Waals surface area contributed by atoms with Crippen LogP contribution in [0, 0.1) is 23.7 Å². The summed E-state index contributed by atoms with van der Waals surface area (Å²) in [6.45, 7) is 0. The fourth-order valence-corrected chi connectivity index (χ4v) is 11.1. The van der Waals surface area contributed by atoms with E-state index in [1.165, 1.54) is 65.1 Å². The van der Waals surface area contributed by atoms with Crippen LogP contribution in [0.25, 0.3) is 49.9 Å². The van der Waals surface area contributed by atoms with E-state index < -0.39 is 7.12 Å². The van der Waals surface area contributed by atoms with E-state index in [1.807, 2.05) is 12.1 Å². The molecule has 2 N–H and O–H groups in total. The van der Waals surface area contributed by atoms with E-state index in [-0.39, 0.29) is 5.41 Å². The summed E-state index contributed by atoms with van der Waals surface area (Å²) < 4.78 is 0. The van der Waals surface area contributed by atoms with Gasteiger partial charge in [-0.1, -0.05) is 72.8 Å². The molecule has 0 saturated heterocycles. The third kappa shape index (κ3) is 3.17. The molecular weight excluding hydrogens is 523 g/mol. The Hall–Kier alpha value is -3.66. The standard InChI is InChI=1S/C40H35BO2/c42-41(43)39-33-10-3-1-8-31(33)38(32-9-2-4-11-34(32)39)26-14-13-25-21-35-30-7-5-6-12-36(30)40(37(35)22-27(25)20-26)28-16-23-15-24(18-28)19-29(40)17-23/h1-3,5-10,12-14,20-24,28-29,42-43H,4,11,15-19H2. The van der Waals surface area contributed by atoms with Gasteiger partial charge in [0.15, 0.2) is 0 Å². The number of hydrogen-bond donors (Lipinski definition) is 2. The van der Waals surface area contributed by atoms with Crippen LogP contribution in [0.2, 0.25) is 0 Å². The minimum Gasteiger partial charge on any atom is -0.423 e. The van der Waals surface area contributed by atoms with Gasteiger partial charge in [-0.3, -0.25) is 0 Å². The summed E-state index contributed by atoms with van der Waals surface area (Å²) >= 11 is 0. The van der Waals surface area contributed by atoms with Gasteiger partial charge in [-0.05, 0) is 158 Å². The quantitative estimate of drug-likeness (QED) is 0.216. The highest BCUT2D eigenvalue weighted by Gasteiger charge is 2.61. The van der Waals surface area contributed by atoms with E-state index in [2.05, 4.69) is 78.9 Å². The van der Waals surface area contributed by atoms with E-state index >= 15 is 0 Å². The van der Waals surface area contributed by atoms with Gasteiger partial charge in [0.2, 0.25) is 0 Å². The number of fused-ring (bicyclic) bond motifs is 6. The predicted octanol–water partition coefficient (Wildman–Crippen LogP) is 8.02. The fourth-order valence-electron chi connectivity index (χ4n) is 11.1. The van der Waals surface area contributed by atoms with E-state index in [0.717, 1.165) is 58.4 Å². The lowest BCUT2D eigenvalue weighted by molar-refractivity contribution is -0.0399. The van der Waals surface area contributed by atoms with Gasteiger partial charge in [-0.2, -0.15) is 0 Å². The first-order chi connectivity index (χ1) is 21.1.